The molecule has 0 N–H and O–H groups in total. The first-order valence-electron chi connectivity index (χ1n) is 10.4. The molecule has 1 fully saturated rings. The maximum Gasteiger partial charge on any atom is 0.257 e. The van der Waals surface area contributed by atoms with Crippen LogP contribution in [0.15, 0.2) is 78.9 Å². The van der Waals surface area contributed by atoms with Gasteiger partial charge in [-0.15, -0.1) is 0 Å². The molecule has 4 rings (SSSR count). The molecule has 33 heavy (non-hydrogen) atoms. The van der Waals surface area contributed by atoms with Gasteiger partial charge in [0.25, 0.3) is 5.91 Å². The molecule has 0 spiro atoms. The van der Waals surface area contributed by atoms with Gasteiger partial charge in [-0.25, -0.2) is 4.90 Å². The van der Waals surface area contributed by atoms with Crippen LogP contribution in [0.1, 0.15) is 23.1 Å². The number of carbonyl (C=O) groups excluding carboxylic acids is 3. The minimum absolute atomic E-state index is 0.0822. The third kappa shape index (κ3) is 4.94. The van der Waals surface area contributed by atoms with E-state index < -0.39 is 11.9 Å². The van der Waals surface area contributed by atoms with E-state index in [0.717, 1.165) is 16.0 Å². The van der Waals surface area contributed by atoms with Gasteiger partial charge in [0.05, 0.1) is 30.2 Å². The molecule has 3 amide bonds. The van der Waals surface area contributed by atoms with Gasteiger partial charge in [0, 0.05) is 11.6 Å². The normalized spacial score (nSPS) is 15.4. The summed E-state index contributed by atoms with van der Waals surface area (Å²) in [7, 11) is 0. The smallest absolute Gasteiger partial charge is 0.257 e. The van der Waals surface area contributed by atoms with Gasteiger partial charge in [0.15, 0.2) is 0 Å². The van der Waals surface area contributed by atoms with E-state index in [0.29, 0.717) is 16.3 Å². The Morgan fingerprint density at radius 3 is 2.27 bits per heavy atom. The number of nitrogens with zero attached hydrogens (tertiary/aromatic N) is 3. The number of rotatable bonds is 6. The highest BCUT2D eigenvalue weighted by molar-refractivity contribution is 6.30. The van der Waals surface area contributed by atoms with E-state index in [1.165, 1.54) is 4.90 Å². The first-order valence-corrected chi connectivity index (χ1v) is 10.8. The molecule has 1 aliphatic rings. The minimum atomic E-state index is -0.909. The van der Waals surface area contributed by atoms with Crippen LogP contribution in [0.25, 0.3) is 0 Å². The standard InChI is InChI=1S/C26H20ClN3O3/c27-21-10-6-18(7-11-21)14-24(31)29(17-20-4-2-1-3-5-20)23-15-25(32)30(26(23)33)22-12-8-19(16-28)9-13-22/h1-13,23H,14-15,17H2. The Bertz CT molecular complexity index is 1220. The quantitative estimate of drug-likeness (QED) is 0.521. The molecule has 0 aromatic heterocycles. The fraction of sp³-hybridized carbons (Fsp3) is 0.154. The van der Waals surface area contributed by atoms with Gasteiger partial charge in [-0.1, -0.05) is 54.1 Å². The minimum Gasteiger partial charge on any atom is -0.325 e. The lowest BCUT2D eigenvalue weighted by Gasteiger charge is -2.28. The number of benzene rings is 3. The van der Waals surface area contributed by atoms with Crippen LogP contribution in [0, 0.1) is 11.3 Å². The number of anilines is 1. The lowest BCUT2D eigenvalue weighted by atomic mass is 10.1. The van der Waals surface area contributed by atoms with Gasteiger partial charge < -0.3 is 4.90 Å². The first kappa shape index (κ1) is 22.3. The van der Waals surface area contributed by atoms with Crippen LogP contribution >= 0.6 is 11.6 Å². The highest BCUT2D eigenvalue weighted by Gasteiger charge is 2.44. The highest BCUT2D eigenvalue weighted by Crippen LogP contribution is 2.27. The largest absolute Gasteiger partial charge is 0.325 e. The summed E-state index contributed by atoms with van der Waals surface area (Å²) in [5.74, 6) is -1.09. The molecular weight excluding hydrogens is 438 g/mol. The van der Waals surface area contributed by atoms with Crippen molar-refractivity contribution in [2.75, 3.05) is 4.90 Å². The molecule has 0 saturated carbocycles. The summed E-state index contributed by atoms with van der Waals surface area (Å²) in [6.45, 7) is 0.207. The average Bonchev–Trinajstić information content (AvgIpc) is 3.13. The molecule has 1 aliphatic heterocycles. The number of carbonyl (C=O) groups is 3. The van der Waals surface area contributed by atoms with E-state index in [1.54, 1.807) is 48.5 Å². The second-order valence-corrected chi connectivity index (χ2v) is 8.19. The molecule has 3 aromatic carbocycles. The molecule has 0 bridgehead atoms. The highest BCUT2D eigenvalue weighted by atomic mass is 35.5. The summed E-state index contributed by atoms with van der Waals surface area (Å²) in [5.41, 5.74) is 2.44. The van der Waals surface area contributed by atoms with E-state index in [9.17, 15) is 14.4 Å². The molecule has 3 aromatic rings. The number of hydrogen-bond donors (Lipinski definition) is 0. The molecule has 6 nitrogen and oxygen atoms in total. The summed E-state index contributed by atoms with van der Waals surface area (Å²) in [5, 5.41) is 9.57. The predicted octanol–water partition coefficient (Wildman–Crippen LogP) is 4.12. The molecule has 0 radical (unpaired) electrons. The van der Waals surface area contributed by atoms with Gasteiger partial charge in [0.2, 0.25) is 11.8 Å². The maximum atomic E-state index is 13.3. The zero-order valence-electron chi connectivity index (χ0n) is 17.6. The molecule has 7 heteroatoms. The Balaban J connectivity index is 1.62. The number of nitriles is 1. The molecule has 1 heterocycles. The lowest BCUT2D eigenvalue weighted by Crippen LogP contribution is -2.45. The third-order valence-corrected chi connectivity index (χ3v) is 5.79. The molecule has 0 aliphatic carbocycles. The van der Waals surface area contributed by atoms with E-state index >= 15 is 0 Å². The fourth-order valence-electron chi connectivity index (χ4n) is 3.85. The predicted molar refractivity (Wildman–Crippen MR) is 124 cm³/mol. The summed E-state index contributed by atoms with van der Waals surface area (Å²) in [6.07, 6.45) is -0.0170. The van der Waals surface area contributed by atoms with Crippen molar-refractivity contribution < 1.29 is 14.4 Å². The van der Waals surface area contributed by atoms with Gasteiger partial charge in [-0.05, 0) is 47.5 Å². The summed E-state index contributed by atoms with van der Waals surface area (Å²) in [6, 6.07) is 23.7. The SMILES string of the molecule is N#Cc1ccc(N2C(=O)CC(N(Cc3ccccc3)C(=O)Cc3ccc(Cl)cc3)C2=O)cc1. The second-order valence-electron chi connectivity index (χ2n) is 7.76. The summed E-state index contributed by atoms with van der Waals surface area (Å²) < 4.78 is 0. The lowest BCUT2D eigenvalue weighted by molar-refractivity contribution is -0.138. The molecule has 1 unspecified atom stereocenters. The van der Waals surface area contributed by atoms with E-state index in [2.05, 4.69) is 0 Å². The summed E-state index contributed by atoms with van der Waals surface area (Å²) in [4.78, 5) is 42.1. The van der Waals surface area contributed by atoms with E-state index in [-0.39, 0.29) is 31.2 Å². The van der Waals surface area contributed by atoms with Crippen LogP contribution < -0.4 is 4.90 Å². The van der Waals surface area contributed by atoms with Crippen LogP contribution in [0.3, 0.4) is 0 Å². The zero-order valence-corrected chi connectivity index (χ0v) is 18.4. The van der Waals surface area contributed by atoms with Crippen LogP contribution in [0.5, 0.6) is 0 Å². The van der Waals surface area contributed by atoms with Crippen molar-refractivity contribution in [1.29, 1.82) is 5.26 Å². The van der Waals surface area contributed by atoms with Crippen LogP contribution in [-0.2, 0) is 27.3 Å². The van der Waals surface area contributed by atoms with Gasteiger partial charge in [-0.2, -0.15) is 5.26 Å². The van der Waals surface area contributed by atoms with Crippen LogP contribution in [-0.4, -0.2) is 28.7 Å². The molecule has 1 atom stereocenters. The monoisotopic (exact) mass is 457 g/mol. The van der Waals surface area contributed by atoms with E-state index in [1.807, 2.05) is 36.4 Å². The van der Waals surface area contributed by atoms with Crippen molar-refractivity contribution in [3.63, 3.8) is 0 Å². The first-order chi connectivity index (χ1) is 16.0. The Morgan fingerprint density at radius 1 is 0.970 bits per heavy atom. The van der Waals surface area contributed by atoms with Crippen molar-refractivity contribution in [2.24, 2.45) is 0 Å². The van der Waals surface area contributed by atoms with Crippen LogP contribution in [0.2, 0.25) is 5.02 Å². The fourth-order valence-corrected chi connectivity index (χ4v) is 3.97. The molecule has 164 valence electrons. The zero-order chi connectivity index (χ0) is 23.4. The van der Waals surface area contributed by atoms with Crippen molar-refractivity contribution in [1.82, 2.24) is 4.90 Å². The Hall–Kier alpha value is -3.95. The Labute approximate surface area is 196 Å². The van der Waals surface area contributed by atoms with Crippen molar-refractivity contribution >= 4 is 35.0 Å². The maximum absolute atomic E-state index is 13.3. The van der Waals surface area contributed by atoms with Gasteiger partial charge in [0.1, 0.15) is 6.04 Å². The number of halogens is 1. The van der Waals surface area contributed by atoms with Crippen molar-refractivity contribution in [2.45, 2.75) is 25.4 Å². The topological polar surface area (TPSA) is 81.5 Å². The van der Waals surface area contributed by atoms with E-state index in [4.69, 9.17) is 16.9 Å². The van der Waals surface area contributed by atoms with Gasteiger partial charge in [-0.3, -0.25) is 14.4 Å². The second kappa shape index (κ2) is 9.68. The Morgan fingerprint density at radius 2 is 1.64 bits per heavy atom. The average molecular weight is 458 g/mol. The summed E-state index contributed by atoms with van der Waals surface area (Å²) >= 11 is 5.95. The molecular formula is C26H20ClN3O3. The van der Waals surface area contributed by atoms with Crippen molar-refractivity contribution in [3.05, 3.63) is 101 Å². The molecule has 1 saturated heterocycles. The number of imide groups is 1. The van der Waals surface area contributed by atoms with Crippen LogP contribution in [0.4, 0.5) is 5.69 Å². The third-order valence-electron chi connectivity index (χ3n) is 5.54. The number of hydrogen-bond acceptors (Lipinski definition) is 4. The Kier molecular flexibility index (Phi) is 6.53. The van der Waals surface area contributed by atoms with Crippen molar-refractivity contribution in [3.8, 4) is 6.07 Å². The number of amides is 3. The van der Waals surface area contributed by atoms with Gasteiger partial charge >= 0.3 is 0 Å².